The monoisotopic (exact) mass is 770 g/mol. The maximum atomic E-state index is 12.3. The van der Waals surface area contributed by atoms with E-state index in [0.717, 1.165) is 51.4 Å². The molecule has 0 saturated heterocycles. The Kier molecular flexibility index (Phi) is 45.3. The zero-order valence-corrected chi connectivity index (χ0v) is 36.9. The smallest absolute Gasteiger partial charge is 0.220 e. The van der Waals surface area contributed by atoms with Crippen LogP contribution in [-0.2, 0) is 4.79 Å². The van der Waals surface area contributed by atoms with E-state index in [4.69, 9.17) is 0 Å². The molecule has 4 heteroatoms. The van der Waals surface area contributed by atoms with Gasteiger partial charge in [-0.3, -0.25) is 4.79 Å². The van der Waals surface area contributed by atoms with Crippen molar-refractivity contribution in [1.29, 1.82) is 0 Å². The molecule has 0 fully saturated rings. The number of carbonyl (C=O) groups excluding carboxylic acids is 1. The molecule has 0 aliphatic rings. The molecule has 0 radical (unpaired) electrons. The van der Waals surface area contributed by atoms with Gasteiger partial charge in [0.1, 0.15) is 0 Å². The van der Waals surface area contributed by atoms with E-state index in [-0.39, 0.29) is 12.5 Å². The summed E-state index contributed by atoms with van der Waals surface area (Å²) in [5.74, 6) is -0.0895. The van der Waals surface area contributed by atoms with E-state index in [1.807, 2.05) is 6.08 Å². The lowest BCUT2D eigenvalue weighted by Crippen LogP contribution is -2.45. The van der Waals surface area contributed by atoms with Crippen LogP contribution in [0.1, 0.15) is 251 Å². The Morgan fingerprint density at radius 3 is 1.11 bits per heavy atom. The molecule has 0 heterocycles. The topological polar surface area (TPSA) is 69.6 Å². The first kappa shape index (κ1) is 53.4. The fraction of sp³-hybridized carbons (Fsp3) is 0.824. The predicted octanol–water partition coefficient (Wildman–Crippen LogP) is 15.5. The van der Waals surface area contributed by atoms with Crippen molar-refractivity contribution in [2.24, 2.45) is 0 Å². The summed E-state index contributed by atoms with van der Waals surface area (Å²) >= 11 is 0. The number of allylic oxidation sites excluding steroid dienone is 7. The zero-order chi connectivity index (χ0) is 40.0. The molecule has 0 aromatic rings. The highest BCUT2D eigenvalue weighted by atomic mass is 16.3. The summed E-state index contributed by atoms with van der Waals surface area (Å²) in [6.45, 7) is 4.25. The molecule has 0 saturated carbocycles. The third-order valence-electron chi connectivity index (χ3n) is 11.0. The van der Waals surface area contributed by atoms with Gasteiger partial charge in [-0.15, -0.1) is 0 Å². The predicted molar refractivity (Wildman–Crippen MR) is 244 cm³/mol. The second-order valence-corrected chi connectivity index (χ2v) is 16.5. The van der Waals surface area contributed by atoms with Crippen molar-refractivity contribution in [3.63, 3.8) is 0 Å². The number of hydrogen-bond donors (Lipinski definition) is 3. The lowest BCUT2D eigenvalue weighted by Gasteiger charge is -2.19. The zero-order valence-electron chi connectivity index (χ0n) is 36.9. The standard InChI is InChI=1S/C51H95NO3/c1-3-5-7-9-11-13-15-16-17-18-19-20-21-22-23-24-25-26-27-28-29-30-31-32-33-34-35-37-38-40-42-44-46-50(54)49(48-53)52-51(55)47-45-43-41-39-36-14-12-10-8-6-4-2/h10,12,32-33,37-38,44,46,49-50,53-54H,3-9,11,13-31,34-36,39-43,45,47-48H2,1-2H3,(H,52,55)/b12-10-,33-32+,38-37+,46-44+. The summed E-state index contributed by atoms with van der Waals surface area (Å²) in [4.78, 5) is 12.3. The van der Waals surface area contributed by atoms with Crippen LogP contribution in [0, 0.1) is 0 Å². The van der Waals surface area contributed by atoms with Gasteiger partial charge in [-0.1, -0.05) is 229 Å². The number of aliphatic hydroxyl groups excluding tert-OH is 2. The first-order chi connectivity index (χ1) is 27.2. The van der Waals surface area contributed by atoms with E-state index in [1.165, 1.54) is 180 Å². The molecule has 0 bridgehead atoms. The molecule has 0 aromatic heterocycles. The summed E-state index contributed by atoms with van der Waals surface area (Å²) in [5.41, 5.74) is 0. The van der Waals surface area contributed by atoms with Crippen LogP contribution in [0.3, 0.4) is 0 Å². The van der Waals surface area contributed by atoms with Gasteiger partial charge < -0.3 is 15.5 Å². The minimum atomic E-state index is -0.873. The van der Waals surface area contributed by atoms with E-state index in [9.17, 15) is 15.0 Å². The fourth-order valence-corrected chi connectivity index (χ4v) is 7.25. The summed E-state index contributed by atoms with van der Waals surface area (Å²) in [6.07, 6.45) is 64.1. The number of hydrogen-bond acceptors (Lipinski definition) is 3. The van der Waals surface area contributed by atoms with Gasteiger partial charge in [0.2, 0.25) is 5.91 Å². The molecule has 55 heavy (non-hydrogen) atoms. The second-order valence-electron chi connectivity index (χ2n) is 16.5. The average Bonchev–Trinajstić information content (AvgIpc) is 3.19. The molecule has 0 aliphatic heterocycles. The quantitative estimate of drug-likeness (QED) is 0.0427. The van der Waals surface area contributed by atoms with Crippen LogP contribution in [0.2, 0.25) is 0 Å². The largest absolute Gasteiger partial charge is 0.394 e. The van der Waals surface area contributed by atoms with Gasteiger partial charge in [-0.2, -0.15) is 0 Å². The lowest BCUT2D eigenvalue weighted by atomic mass is 10.0. The molecule has 3 N–H and O–H groups in total. The Hall–Kier alpha value is -1.65. The molecular formula is C51H95NO3. The first-order valence-corrected chi connectivity index (χ1v) is 24.4. The van der Waals surface area contributed by atoms with Crippen LogP contribution >= 0.6 is 0 Å². The van der Waals surface area contributed by atoms with Gasteiger partial charge in [-0.05, 0) is 64.2 Å². The van der Waals surface area contributed by atoms with Crippen molar-refractivity contribution in [2.45, 2.75) is 264 Å². The van der Waals surface area contributed by atoms with Crippen molar-refractivity contribution in [2.75, 3.05) is 6.61 Å². The van der Waals surface area contributed by atoms with Gasteiger partial charge in [0.05, 0.1) is 18.8 Å². The van der Waals surface area contributed by atoms with Gasteiger partial charge in [0.15, 0.2) is 0 Å². The van der Waals surface area contributed by atoms with Crippen LogP contribution < -0.4 is 5.32 Å². The number of unbranched alkanes of at least 4 members (excludes halogenated alkanes) is 31. The van der Waals surface area contributed by atoms with Crippen LogP contribution in [0.5, 0.6) is 0 Å². The van der Waals surface area contributed by atoms with E-state index < -0.39 is 12.1 Å². The SMILES string of the molecule is CCCC/C=C\CCCCCCCC(=O)NC(CO)C(O)/C=C/CC/C=C/CC/C=C/CCCCCCCCCCCCCCCCCCCCCCCC. The van der Waals surface area contributed by atoms with Gasteiger partial charge in [0, 0.05) is 6.42 Å². The highest BCUT2D eigenvalue weighted by molar-refractivity contribution is 5.76. The Morgan fingerprint density at radius 1 is 0.418 bits per heavy atom. The van der Waals surface area contributed by atoms with Crippen LogP contribution in [0.4, 0.5) is 0 Å². The molecule has 1 amide bonds. The third kappa shape index (κ3) is 43.3. The maximum Gasteiger partial charge on any atom is 0.220 e. The molecule has 2 unspecified atom stereocenters. The molecule has 2 atom stereocenters. The van der Waals surface area contributed by atoms with E-state index >= 15 is 0 Å². The maximum absolute atomic E-state index is 12.3. The number of amides is 1. The molecule has 4 nitrogen and oxygen atoms in total. The van der Waals surface area contributed by atoms with Crippen molar-refractivity contribution < 1.29 is 15.0 Å². The van der Waals surface area contributed by atoms with Crippen LogP contribution in [0.15, 0.2) is 48.6 Å². The minimum absolute atomic E-state index is 0.0895. The highest BCUT2D eigenvalue weighted by Crippen LogP contribution is 2.16. The third-order valence-corrected chi connectivity index (χ3v) is 11.0. The molecule has 0 aromatic carbocycles. The fourth-order valence-electron chi connectivity index (χ4n) is 7.25. The van der Waals surface area contributed by atoms with Crippen LogP contribution in [-0.4, -0.2) is 34.9 Å². The highest BCUT2D eigenvalue weighted by Gasteiger charge is 2.17. The summed E-state index contributed by atoms with van der Waals surface area (Å²) < 4.78 is 0. The Balaban J connectivity index is 3.53. The molecule has 322 valence electrons. The lowest BCUT2D eigenvalue weighted by molar-refractivity contribution is -0.123. The van der Waals surface area contributed by atoms with Crippen molar-refractivity contribution in [3.05, 3.63) is 48.6 Å². The summed E-state index contributed by atoms with van der Waals surface area (Å²) in [7, 11) is 0. The van der Waals surface area contributed by atoms with E-state index in [2.05, 4.69) is 55.6 Å². The number of rotatable bonds is 44. The Morgan fingerprint density at radius 2 is 0.727 bits per heavy atom. The normalized spacial score (nSPS) is 13.3. The van der Waals surface area contributed by atoms with Crippen molar-refractivity contribution in [3.8, 4) is 0 Å². The van der Waals surface area contributed by atoms with E-state index in [1.54, 1.807) is 6.08 Å². The summed E-state index contributed by atoms with van der Waals surface area (Å²) in [5, 5.41) is 22.9. The molecule has 0 rings (SSSR count). The first-order valence-electron chi connectivity index (χ1n) is 24.4. The average molecular weight is 770 g/mol. The minimum Gasteiger partial charge on any atom is -0.394 e. The summed E-state index contributed by atoms with van der Waals surface area (Å²) in [6, 6.07) is -0.649. The number of carbonyl (C=O) groups is 1. The van der Waals surface area contributed by atoms with Gasteiger partial charge in [-0.25, -0.2) is 0 Å². The van der Waals surface area contributed by atoms with Crippen molar-refractivity contribution in [1.82, 2.24) is 5.32 Å². The van der Waals surface area contributed by atoms with Crippen molar-refractivity contribution >= 4 is 5.91 Å². The van der Waals surface area contributed by atoms with Crippen LogP contribution in [0.25, 0.3) is 0 Å². The molecule has 0 aliphatic carbocycles. The van der Waals surface area contributed by atoms with Gasteiger partial charge in [0.25, 0.3) is 0 Å². The molecule has 0 spiro atoms. The number of aliphatic hydroxyl groups is 2. The Labute approximate surface area is 344 Å². The number of nitrogens with one attached hydrogen (secondary N) is 1. The second kappa shape index (κ2) is 46.7. The van der Waals surface area contributed by atoms with E-state index in [0.29, 0.717) is 6.42 Å². The van der Waals surface area contributed by atoms with Gasteiger partial charge >= 0.3 is 0 Å². The Bertz CT molecular complexity index is 877. The molecular weight excluding hydrogens is 675 g/mol.